The molecule has 1 heterocycles. The van der Waals surface area contributed by atoms with E-state index in [4.69, 9.17) is 0 Å². The number of hydrogen-bond acceptors (Lipinski definition) is 3. The Hall–Kier alpha value is -1.92. The van der Waals surface area contributed by atoms with E-state index in [-0.39, 0.29) is 10.3 Å². The van der Waals surface area contributed by atoms with Crippen LogP contribution >= 0.6 is 11.3 Å². The third-order valence-corrected chi connectivity index (χ3v) is 7.85. The number of aromatic nitrogens is 1. The van der Waals surface area contributed by atoms with E-state index in [1.54, 1.807) is 12.1 Å². The Labute approximate surface area is 171 Å². The van der Waals surface area contributed by atoms with Crippen molar-refractivity contribution >= 4 is 32.1 Å². The van der Waals surface area contributed by atoms with Gasteiger partial charge < -0.3 is 4.57 Å². The van der Waals surface area contributed by atoms with Crippen LogP contribution in [-0.4, -0.2) is 13.0 Å². The molecule has 4 nitrogen and oxygen atoms in total. The normalized spacial score (nSPS) is 13.4. The van der Waals surface area contributed by atoms with Gasteiger partial charge in [0.25, 0.3) is 10.0 Å². The van der Waals surface area contributed by atoms with E-state index in [2.05, 4.69) is 43.6 Å². The van der Waals surface area contributed by atoms with E-state index in [0.717, 1.165) is 30.5 Å². The summed E-state index contributed by atoms with van der Waals surface area (Å²) in [5, 5.41) is 1.61. The van der Waals surface area contributed by atoms with E-state index in [1.165, 1.54) is 16.2 Å². The second-order valence-corrected chi connectivity index (χ2v) is 10.6. The molecule has 0 aliphatic rings. The van der Waals surface area contributed by atoms with Crippen molar-refractivity contribution in [3.8, 4) is 0 Å². The molecule has 0 radical (unpaired) electrons. The molecule has 0 bridgehead atoms. The van der Waals surface area contributed by atoms with E-state index < -0.39 is 10.0 Å². The number of hydrogen-bond donors (Lipinski definition) is 0. The van der Waals surface area contributed by atoms with Crippen molar-refractivity contribution in [3.05, 3.63) is 57.8 Å². The van der Waals surface area contributed by atoms with Gasteiger partial charge in [0.15, 0.2) is 0 Å². The Morgan fingerprint density at radius 1 is 1.07 bits per heavy atom. The highest BCUT2D eigenvalue weighted by Gasteiger charge is 2.23. The summed E-state index contributed by atoms with van der Waals surface area (Å²) < 4.78 is 32.9. The molecule has 2 aromatic carbocycles. The quantitative estimate of drug-likeness (QED) is 0.559. The van der Waals surface area contributed by atoms with Gasteiger partial charge in [0.2, 0.25) is 4.80 Å². The minimum absolute atomic E-state index is 0.0559. The number of rotatable bonds is 5. The summed E-state index contributed by atoms with van der Waals surface area (Å²) in [6.07, 6.45) is 2.03. The SMILES string of the molecule is CCCCn1c(C)c(C(C)(C)C)sc1=NS(=O)(=O)c1cccc2ccccc12. The first-order valence-corrected chi connectivity index (χ1v) is 11.9. The number of thiazole rings is 1. The molecule has 28 heavy (non-hydrogen) atoms. The highest BCUT2D eigenvalue weighted by atomic mass is 32.2. The monoisotopic (exact) mass is 416 g/mol. The van der Waals surface area contributed by atoms with Crippen LogP contribution < -0.4 is 4.80 Å². The highest BCUT2D eigenvalue weighted by molar-refractivity contribution is 7.90. The summed E-state index contributed by atoms with van der Waals surface area (Å²) in [4.78, 5) is 2.00. The zero-order valence-electron chi connectivity index (χ0n) is 17.2. The lowest BCUT2D eigenvalue weighted by atomic mass is 9.93. The fourth-order valence-electron chi connectivity index (χ4n) is 3.40. The van der Waals surface area contributed by atoms with Crippen molar-refractivity contribution in [2.24, 2.45) is 4.40 Å². The van der Waals surface area contributed by atoms with Crippen molar-refractivity contribution in [2.45, 2.75) is 64.3 Å². The van der Waals surface area contributed by atoms with Gasteiger partial charge in [-0.15, -0.1) is 15.7 Å². The van der Waals surface area contributed by atoms with Gasteiger partial charge in [0, 0.05) is 22.5 Å². The Balaban J connectivity index is 2.24. The van der Waals surface area contributed by atoms with Gasteiger partial charge in [-0.1, -0.05) is 70.5 Å². The molecule has 0 amide bonds. The van der Waals surface area contributed by atoms with Crippen LogP contribution in [0.3, 0.4) is 0 Å². The maximum Gasteiger partial charge on any atom is 0.285 e. The highest BCUT2D eigenvalue weighted by Crippen LogP contribution is 2.29. The first-order chi connectivity index (χ1) is 13.1. The zero-order chi connectivity index (χ0) is 20.5. The Kier molecular flexibility index (Phi) is 5.82. The smallest absolute Gasteiger partial charge is 0.285 e. The van der Waals surface area contributed by atoms with Gasteiger partial charge in [0.05, 0.1) is 4.90 Å². The number of fused-ring (bicyclic) bond motifs is 1. The van der Waals surface area contributed by atoms with Crippen molar-refractivity contribution in [1.29, 1.82) is 0 Å². The van der Waals surface area contributed by atoms with E-state index in [1.807, 2.05) is 30.3 Å². The molecule has 0 saturated carbocycles. The number of benzene rings is 2. The summed E-state index contributed by atoms with van der Waals surface area (Å²) in [5.41, 5.74) is 1.05. The predicted molar refractivity (Wildman–Crippen MR) is 117 cm³/mol. The minimum atomic E-state index is -3.82. The summed E-state index contributed by atoms with van der Waals surface area (Å²) >= 11 is 1.49. The molecular weight excluding hydrogens is 388 g/mol. The van der Waals surface area contributed by atoms with Gasteiger partial charge in [-0.2, -0.15) is 8.42 Å². The largest absolute Gasteiger partial charge is 0.320 e. The average molecular weight is 417 g/mol. The van der Waals surface area contributed by atoms with Gasteiger partial charge in [-0.25, -0.2) is 0 Å². The molecule has 0 aliphatic heterocycles. The Morgan fingerprint density at radius 3 is 2.43 bits per heavy atom. The third kappa shape index (κ3) is 4.08. The lowest BCUT2D eigenvalue weighted by Gasteiger charge is -2.17. The maximum atomic E-state index is 13.2. The number of nitrogens with zero attached hydrogens (tertiary/aromatic N) is 2. The second-order valence-electron chi connectivity index (χ2n) is 8.10. The molecule has 1 aromatic heterocycles. The zero-order valence-corrected chi connectivity index (χ0v) is 18.8. The van der Waals surface area contributed by atoms with Crippen LogP contribution in [0.2, 0.25) is 0 Å². The molecule has 0 aliphatic carbocycles. The molecule has 0 unspecified atom stereocenters. The second kappa shape index (κ2) is 7.84. The summed E-state index contributed by atoms with van der Waals surface area (Å²) in [5.74, 6) is 0. The summed E-state index contributed by atoms with van der Waals surface area (Å²) in [6, 6.07) is 12.9. The van der Waals surface area contributed by atoms with Crippen molar-refractivity contribution in [1.82, 2.24) is 4.57 Å². The van der Waals surface area contributed by atoms with Crippen LogP contribution in [0.1, 0.15) is 51.1 Å². The number of unbranched alkanes of at least 4 members (excludes halogenated alkanes) is 1. The van der Waals surface area contributed by atoms with Gasteiger partial charge in [-0.3, -0.25) is 0 Å². The van der Waals surface area contributed by atoms with Gasteiger partial charge >= 0.3 is 0 Å². The molecule has 0 spiro atoms. The summed E-state index contributed by atoms with van der Waals surface area (Å²) in [6.45, 7) is 11.4. The van der Waals surface area contributed by atoms with Crippen LogP contribution in [0.15, 0.2) is 51.8 Å². The fourth-order valence-corrected chi connectivity index (χ4v) is 6.05. The predicted octanol–water partition coefficient (Wildman–Crippen LogP) is 5.40. The molecule has 0 atom stereocenters. The van der Waals surface area contributed by atoms with E-state index in [9.17, 15) is 8.42 Å². The maximum absolute atomic E-state index is 13.2. The van der Waals surface area contributed by atoms with Crippen LogP contribution in [-0.2, 0) is 22.0 Å². The van der Waals surface area contributed by atoms with Crippen LogP contribution in [0.4, 0.5) is 0 Å². The molecule has 150 valence electrons. The van der Waals surface area contributed by atoms with Crippen molar-refractivity contribution in [2.75, 3.05) is 0 Å². The molecule has 3 rings (SSSR count). The van der Waals surface area contributed by atoms with Crippen LogP contribution in [0, 0.1) is 6.92 Å². The lowest BCUT2D eigenvalue weighted by molar-refractivity contribution is 0.567. The minimum Gasteiger partial charge on any atom is -0.320 e. The van der Waals surface area contributed by atoms with Crippen LogP contribution in [0.25, 0.3) is 10.8 Å². The first-order valence-electron chi connectivity index (χ1n) is 9.64. The van der Waals surface area contributed by atoms with Crippen molar-refractivity contribution in [3.63, 3.8) is 0 Å². The third-order valence-electron chi connectivity index (χ3n) is 4.80. The molecule has 6 heteroatoms. The Morgan fingerprint density at radius 2 is 1.75 bits per heavy atom. The Bertz CT molecular complexity index is 1160. The molecule has 0 saturated heterocycles. The first kappa shape index (κ1) is 20.8. The van der Waals surface area contributed by atoms with E-state index in [0.29, 0.717) is 10.2 Å². The van der Waals surface area contributed by atoms with E-state index >= 15 is 0 Å². The number of sulfonamides is 1. The standard InChI is InChI=1S/C22H28N2O2S2/c1-6-7-15-24-16(2)20(22(3,4)5)27-21(24)23-28(25,26)19-14-10-12-17-11-8-9-13-18(17)19/h8-14H,6-7,15H2,1-5H3. The molecule has 3 aromatic rings. The van der Waals surface area contributed by atoms with Gasteiger partial charge in [-0.05, 0) is 30.2 Å². The molecular formula is C22H28N2O2S2. The fraction of sp³-hybridized carbons (Fsp3) is 0.409. The lowest BCUT2D eigenvalue weighted by Crippen LogP contribution is -2.19. The average Bonchev–Trinajstić information content (AvgIpc) is 2.94. The molecule has 0 fully saturated rings. The van der Waals surface area contributed by atoms with Gasteiger partial charge in [0.1, 0.15) is 0 Å². The van der Waals surface area contributed by atoms with Crippen LogP contribution in [0.5, 0.6) is 0 Å². The summed E-state index contributed by atoms with van der Waals surface area (Å²) in [7, 11) is -3.82. The molecule has 0 N–H and O–H groups in total. The van der Waals surface area contributed by atoms with Crippen molar-refractivity contribution < 1.29 is 8.42 Å². The topological polar surface area (TPSA) is 51.4 Å².